The predicted molar refractivity (Wildman–Crippen MR) is 52.6 cm³/mol. The molecule has 13 heavy (non-hydrogen) atoms. The van der Waals surface area contributed by atoms with Crippen molar-refractivity contribution in [2.75, 3.05) is 0 Å². The molecule has 0 amide bonds. The van der Waals surface area contributed by atoms with Gasteiger partial charge in [0.1, 0.15) is 5.76 Å². The molecule has 2 rings (SSSR count). The number of hydrogen-bond acceptors (Lipinski definition) is 2. The van der Waals surface area contributed by atoms with Crippen molar-refractivity contribution in [1.82, 2.24) is 0 Å². The number of hydrogen-bond donors (Lipinski definition) is 1. The maximum Gasteiger partial charge on any atom is 0.106 e. The lowest BCUT2D eigenvalue weighted by Gasteiger charge is -2.06. The average molecular weight is 179 g/mol. The molecule has 0 spiro atoms. The van der Waals surface area contributed by atoms with Gasteiger partial charge in [-0.25, -0.2) is 0 Å². The lowest BCUT2D eigenvalue weighted by Crippen LogP contribution is -2.22. The average Bonchev–Trinajstić information content (AvgIpc) is 2.69. The summed E-state index contributed by atoms with van der Waals surface area (Å²) < 4.78 is 5.42. The molecule has 1 aromatic rings. The summed E-state index contributed by atoms with van der Waals surface area (Å²) in [6.07, 6.45) is 7.30. The van der Waals surface area contributed by atoms with Gasteiger partial charge in [-0.05, 0) is 37.3 Å². The van der Waals surface area contributed by atoms with Crippen LogP contribution in [-0.2, 0) is 12.8 Å². The first-order chi connectivity index (χ1) is 6.23. The SMILES string of the molecule is CCc1ccoc1CCC1(N)CC1. The highest BCUT2D eigenvalue weighted by Gasteiger charge is 2.37. The zero-order valence-electron chi connectivity index (χ0n) is 8.18. The molecule has 72 valence electrons. The highest BCUT2D eigenvalue weighted by atomic mass is 16.3. The van der Waals surface area contributed by atoms with Crippen LogP contribution < -0.4 is 5.73 Å². The Balaban J connectivity index is 1.93. The summed E-state index contributed by atoms with van der Waals surface area (Å²) in [6.45, 7) is 2.16. The number of nitrogens with two attached hydrogens (primary N) is 1. The fourth-order valence-corrected chi connectivity index (χ4v) is 1.67. The first-order valence-electron chi connectivity index (χ1n) is 5.08. The van der Waals surface area contributed by atoms with Crippen molar-refractivity contribution in [2.24, 2.45) is 5.73 Å². The maximum atomic E-state index is 6.01. The van der Waals surface area contributed by atoms with Gasteiger partial charge in [0, 0.05) is 12.0 Å². The molecular weight excluding hydrogens is 162 g/mol. The van der Waals surface area contributed by atoms with Gasteiger partial charge in [0.15, 0.2) is 0 Å². The normalized spacial score (nSPS) is 18.9. The molecule has 1 aromatic heterocycles. The van der Waals surface area contributed by atoms with Gasteiger partial charge >= 0.3 is 0 Å². The van der Waals surface area contributed by atoms with Crippen molar-refractivity contribution in [1.29, 1.82) is 0 Å². The van der Waals surface area contributed by atoms with Crippen molar-refractivity contribution in [3.8, 4) is 0 Å². The van der Waals surface area contributed by atoms with E-state index in [4.69, 9.17) is 10.2 Å². The van der Waals surface area contributed by atoms with Gasteiger partial charge in [-0.1, -0.05) is 6.92 Å². The summed E-state index contributed by atoms with van der Waals surface area (Å²) >= 11 is 0. The Labute approximate surface area is 79.1 Å². The molecular formula is C11H17NO. The van der Waals surface area contributed by atoms with Crippen LogP contribution in [0.15, 0.2) is 16.7 Å². The summed E-state index contributed by atoms with van der Waals surface area (Å²) in [6, 6.07) is 2.06. The van der Waals surface area contributed by atoms with E-state index < -0.39 is 0 Å². The first kappa shape index (κ1) is 8.82. The minimum Gasteiger partial charge on any atom is -0.469 e. The van der Waals surface area contributed by atoms with Gasteiger partial charge < -0.3 is 10.2 Å². The number of aryl methyl sites for hydroxylation is 2. The van der Waals surface area contributed by atoms with Crippen LogP contribution in [0, 0.1) is 0 Å². The molecule has 1 fully saturated rings. The smallest absolute Gasteiger partial charge is 0.106 e. The molecule has 1 aliphatic carbocycles. The quantitative estimate of drug-likeness (QED) is 0.770. The Hall–Kier alpha value is -0.760. The standard InChI is InChI=1S/C11H17NO/c1-2-9-4-8-13-10(9)3-5-11(12)6-7-11/h4,8H,2-3,5-7,12H2,1H3. The third-order valence-corrected chi connectivity index (χ3v) is 2.96. The summed E-state index contributed by atoms with van der Waals surface area (Å²) in [5.41, 5.74) is 7.50. The highest BCUT2D eigenvalue weighted by Crippen LogP contribution is 2.36. The molecule has 2 nitrogen and oxygen atoms in total. The molecule has 0 aromatic carbocycles. The van der Waals surface area contributed by atoms with Crippen LogP contribution in [0.3, 0.4) is 0 Å². The Morgan fingerprint density at radius 3 is 2.92 bits per heavy atom. The molecule has 0 unspecified atom stereocenters. The lowest BCUT2D eigenvalue weighted by atomic mass is 10.1. The number of rotatable bonds is 4. The van der Waals surface area contributed by atoms with E-state index in [9.17, 15) is 0 Å². The van der Waals surface area contributed by atoms with Gasteiger partial charge in [-0.15, -0.1) is 0 Å². The van der Waals surface area contributed by atoms with E-state index in [2.05, 4.69) is 13.0 Å². The van der Waals surface area contributed by atoms with E-state index in [1.54, 1.807) is 6.26 Å². The molecule has 0 radical (unpaired) electrons. The molecule has 1 heterocycles. The third-order valence-electron chi connectivity index (χ3n) is 2.96. The van der Waals surface area contributed by atoms with Crippen molar-refractivity contribution >= 4 is 0 Å². The van der Waals surface area contributed by atoms with Crippen LogP contribution in [0.4, 0.5) is 0 Å². The summed E-state index contributed by atoms with van der Waals surface area (Å²) in [5, 5.41) is 0. The van der Waals surface area contributed by atoms with Crippen molar-refractivity contribution in [2.45, 2.75) is 44.6 Å². The minimum atomic E-state index is 0.151. The Morgan fingerprint density at radius 1 is 1.54 bits per heavy atom. The van der Waals surface area contributed by atoms with Crippen LogP contribution in [0.1, 0.15) is 37.5 Å². The van der Waals surface area contributed by atoms with Crippen LogP contribution in [0.5, 0.6) is 0 Å². The third kappa shape index (κ3) is 1.94. The van der Waals surface area contributed by atoms with Crippen molar-refractivity contribution < 1.29 is 4.42 Å². The second kappa shape index (κ2) is 3.18. The zero-order chi connectivity index (χ0) is 9.31. The monoisotopic (exact) mass is 179 g/mol. The fourth-order valence-electron chi connectivity index (χ4n) is 1.67. The molecule has 0 saturated heterocycles. The lowest BCUT2D eigenvalue weighted by molar-refractivity contribution is 0.477. The largest absolute Gasteiger partial charge is 0.469 e. The second-order valence-electron chi connectivity index (χ2n) is 4.08. The van der Waals surface area contributed by atoms with Crippen molar-refractivity contribution in [3.05, 3.63) is 23.7 Å². The molecule has 2 heteroatoms. The van der Waals surface area contributed by atoms with E-state index in [0.717, 1.165) is 25.0 Å². The van der Waals surface area contributed by atoms with Gasteiger partial charge in [-0.2, -0.15) is 0 Å². The predicted octanol–water partition coefficient (Wildman–Crippen LogP) is 2.27. The molecule has 1 aliphatic rings. The molecule has 0 bridgehead atoms. The fraction of sp³-hybridized carbons (Fsp3) is 0.636. The molecule has 0 aliphatic heterocycles. The van der Waals surface area contributed by atoms with Crippen LogP contribution in [-0.4, -0.2) is 5.54 Å². The van der Waals surface area contributed by atoms with E-state index in [1.807, 2.05) is 0 Å². The highest BCUT2D eigenvalue weighted by molar-refractivity contribution is 5.18. The summed E-state index contributed by atoms with van der Waals surface area (Å²) in [5.74, 6) is 1.14. The van der Waals surface area contributed by atoms with Crippen LogP contribution >= 0.6 is 0 Å². The zero-order valence-corrected chi connectivity index (χ0v) is 8.18. The van der Waals surface area contributed by atoms with Crippen molar-refractivity contribution in [3.63, 3.8) is 0 Å². The Morgan fingerprint density at radius 2 is 2.31 bits per heavy atom. The van der Waals surface area contributed by atoms with E-state index in [1.165, 1.54) is 18.4 Å². The van der Waals surface area contributed by atoms with Crippen LogP contribution in [0.25, 0.3) is 0 Å². The molecule has 1 saturated carbocycles. The number of furan rings is 1. The van der Waals surface area contributed by atoms with Gasteiger partial charge in [0.05, 0.1) is 6.26 Å². The summed E-state index contributed by atoms with van der Waals surface area (Å²) in [7, 11) is 0. The molecule has 0 atom stereocenters. The Kier molecular flexibility index (Phi) is 2.16. The van der Waals surface area contributed by atoms with Crippen LogP contribution in [0.2, 0.25) is 0 Å². The topological polar surface area (TPSA) is 39.2 Å². The molecule has 2 N–H and O–H groups in total. The van der Waals surface area contributed by atoms with E-state index in [-0.39, 0.29) is 5.54 Å². The van der Waals surface area contributed by atoms with Gasteiger partial charge in [-0.3, -0.25) is 0 Å². The maximum absolute atomic E-state index is 6.01. The van der Waals surface area contributed by atoms with Gasteiger partial charge in [0.2, 0.25) is 0 Å². The van der Waals surface area contributed by atoms with Gasteiger partial charge in [0.25, 0.3) is 0 Å². The van der Waals surface area contributed by atoms with E-state index >= 15 is 0 Å². The summed E-state index contributed by atoms with van der Waals surface area (Å²) in [4.78, 5) is 0. The Bertz CT molecular complexity index is 286. The minimum absolute atomic E-state index is 0.151. The first-order valence-corrected chi connectivity index (χ1v) is 5.08. The second-order valence-corrected chi connectivity index (χ2v) is 4.08. The van der Waals surface area contributed by atoms with E-state index in [0.29, 0.717) is 0 Å².